The standard InChI is InChI=1S/C39H39NO7S/c1-38(2,3)29-17-22(18-30(37(29)43)39(4,5)6)9-8-16-47-32-11-7-10-23-13-15-31(40-34(23)32)33-35(41)27-20-24-12-14-26(48(44,45)46)19-25(24)21-28(27)36(33)42/h7,10-15,17-21,33,43H,8-9,16H2,1-6H3,(H,44,45,46). The maximum Gasteiger partial charge on any atom is 0.294 e. The Labute approximate surface area is 280 Å². The third-order valence-electron chi connectivity index (χ3n) is 8.95. The Morgan fingerprint density at radius 3 is 1.98 bits per heavy atom. The van der Waals surface area contributed by atoms with Gasteiger partial charge in [-0.05, 0) is 87.5 Å². The van der Waals surface area contributed by atoms with Crippen molar-refractivity contribution in [1.29, 1.82) is 0 Å². The summed E-state index contributed by atoms with van der Waals surface area (Å²) in [6.45, 7) is 13.0. The smallest absolute Gasteiger partial charge is 0.294 e. The molecule has 0 aliphatic heterocycles. The molecule has 0 saturated heterocycles. The van der Waals surface area contributed by atoms with Gasteiger partial charge >= 0.3 is 0 Å². The minimum absolute atomic E-state index is 0.190. The minimum atomic E-state index is -4.43. The fourth-order valence-electron chi connectivity index (χ4n) is 6.40. The highest BCUT2D eigenvalue weighted by atomic mass is 32.2. The van der Waals surface area contributed by atoms with Gasteiger partial charge in [-0.25, -0.2) is 4.98 Å². The van der Waals surface area contributed by atoms with Crippen LogP contribution in [0, 0.1) is 0 Å². The van der Waals surface area contributed by atoms with Gasteiger partial charge in [-0.3, -0.25) is 14.1 Å². The van der Waals surface area contributed by atoms with E-state index in [1.54, 1.807) is 12.1 Å². The van der Waals surface area contributed by atoms with E-state index < -0.39 is 21.8 Å². The molecule has 0 amide bonds. The first kappa shape index (κ1) is 33.3. The second-order valence-electron chi connectivity index (χ2n) is 14.6. The van der Waals surface area contributed by atoms with Gasteiger partial charge in [0.15, 0.2) is 11.6 Å². The first-order valence-electron chi connectivity index (χ1n) is 16.0. The lowest BCUT2D eigenvalue weighted by Gasteiger charge is -2.28. The summed E-state index contributed by atoms with van der Waals surface area (Å²) in [6, 6.07) is 20.4. The topological polar surface area (TPSA) is 131 Å². The molecule has 8 nitrogen and oxygen atoms in total. The average Bonchev–Trinajstić information content (AvgIpc) is 3.24. The monoisotopic (exact) mass is 665 g/mol. The van der Waals surface area contributed by atoms with E-state index in [-0.39, 0.29) is 32.6 Å². The lowest BCUT2D eigenvalue weighted by Crippen LogP contribution is -2.18. The molecule has 0 fully saturated rings. The summed E-state index contributed by atoms with van der Waals surface area (Å²) < 4.78 is 39.0. The predicted octanol–water partition coefficient (Wildman–Crippen LogP) is 8.11. The maximum absolute atomic E-state index is 13.6. The van der Waals surface area contributed by atoms with Crippen molar-refractivity contribution in [2.45, 2.75) is 76.0 Å². The molecule has 4 aromatic carbocycles. The summed E-state index contributed by atoms with van der Waals surface area (Å²) in [5.41, 5.74) is 3.83. The number of carbonyl (C=O) groups is 2. The third-order valence-corrected chi connectivity index (χ3v) is 9.80. The number of pyridine rings is 1. The van der Waals surface area contributed by atoms with Crippen molar-refractivity contribution in [2.24, 2.45) is 0 Å². The molecule has 1 atom stereocenters. The van der Waals surface area contributed by atoms with E-state index in [0.717, 1.165) is 34.9 Å². The van der Waals surface area contributed by atoms with Gasteiger partial charge in [0.05, 0.1) is 17.2 Å². The van der Waals surface area contributed by atoms with Crippen LogP contribution in [0.25, 0.3) is 21.7 Å². The van der Waals surface area contributed by atoms with Gasteiger partial charge in [0.25, 0.3) is 10.1 Å². The Balaban J connectivity index is 1.24. The highest BCUT2D eigenvalue weighted by molar-refractivity contribution is 7.85. The number of Topliss-reactive ketones (excluding diaryl/α,β-unsaturated/α-hetero) is 2. The number of ketones is 2. The Bertz CT molecular complexity index is 2210. The summed E-state index contributed by atoms with van der Waals surface area (Å²) >= 11 is 0. The SMILES string of the molecule is CC(C)(C)c1cc(CCCOc2cccc3ccc(C4C(=O)c5cc6ccc(S(=O)(=O)O)cc6cc5C4=O)nc23)cc(C(C)(C)C)c1O. The molecular weight excluding hydrogens is 626 g/mol. The Morgan fingerprint density at radius 1 is 0.771 bits per heavy atom. The number of phenolic OH excluding ortho intramolecular Hbond substituents is 1. The maximum atomic E-state index is 13.6. The number of rotatable bonds is 7. The summed E-state index contributed by atoms with van der Waals surface area (Å²) in [5, 5.41) is 12.9. The van der Waals surface area contributed by atoms with Crippen LogP contribution >= 0.6 is 0 Å². The molecule has 0 radical (unpaired) electrons. The van der Waals surface area contributed by atoms with Crippen LogP contribution < -0.4 is 4.74 Å². The highest BCUT2D eigenvalue weighted by Crippen LogP contribution is 2.41. The lowest BCUT2D eigenvalue weighted by molar-refractivity contribution is 0.0888. The van der Waals surface area contributed by atoms with Gasteiger partial charge in [-0.15, -0.1) is 0 Å². The molecule has 1 unspecified atom stereocenters. The fourth-order valence-corrected chi connectivity index (χ4v) is 6.91. The van der Waals surface area contributed by atoms with Crippen molar-refractivity contribution in [2.75, 3.05) is 6.61 Å². The van der Waals surface area contributed by atoms with E-state index in [1.807, 2.05) is 24.3 Å². The minimum Gasteiger partial charge on any atom is -0.507 e. The zero-order valence-electron chi connectivity index (χ0n) is 27.9. The van der Waals surface area contributed by atoms with Crippen LogP contribution in [-0.2, 0) is 27.4 Å². The van der Waals surface area contributed by atoms with Crippen molar-refractivity contribution in [3.05, 3.63) is 106 Å². The van der Waals surface area contributed by atoms with E-state index >= 15 is 0 Å². The van der Waals surface area contributed by atoms with Crippen molar-refractivity contribution in [3.8, 4) is 11.5 Å². The molecular formula is C39H39NO7S. The molecule has 48 heavy (non-hydrogen) atoms. The number of aromatic nitrogens is 1. The number of para-hydroxylation sites is 1. The Kier molecular flexibility index (Phi) is 8.20. The van der Waals surface area contributed by atoms with Crippen molar-refractivity contribution in [1.82, 2.24) is 4.98 Å². The average molecular weight is 666 g/mol. The van der Waals surface area contributed by atoms with E-state index in [9.17, 15) is 27.7 Å². The number of aryl methyl sites for hydroxylation is 1. The van der Waals surface area contributed by atoms with Crippen LogP contribution in [0.4, 0.5) is 0 Å². The first-order valence-corrected chi connectivity index (χ1v) is 17.4. The van der Waals surface area contributed by atoms with Crippen LogP contribution in [0.5, 0.6) is 11.5 Å². The molecule has 5 aromatic rings. The summed E-state index contributed by atoms with van der Waals surface area (Å²) in [7, 11) is -4.43. The van der Waals surface area contributed by atoms with Crippen LogP contribution in [0.2, 0.25) is 0 Å². The zero-order valence-corrected chi connectivity index (χ0v) is 28.7. The molecule has 9 heteroatoms. The normalized spacial score (nSPS) is 15.4. The molecule has 0 saturated carbocycles. The molecule has 0 spiro atoms. The fraction of sp³-hybridized carbons (Fsp3) is 0.308. The number of hydrogen-bond acceptors (Lipinski definition) is 7. The number of benzene rings is 4. The zero-order chi connectivity index (χ0) is 34.8. The molecule has 1 aliphatic carbocycles. The number of ether oxygens (including phenoxy) is 1. The largest absolute Gasteiger partial charge is 0.507 e. The van der Waals surface area contributed by atoms with Gasteiger partial charge in [0, 0.05) is 16.5 Å². The summed E-state index contributed by atoms with van der Waals surface area (Å²) in [5.74, 6) is -1.03. The first-order chi connectivity index (χ1) is 22.4. The van der Waals surface area contributed by atoms with Gasteiger partial charge < -0.3 is 9.84 Å². The highest BCUT2D eigenvalue weighted by Gasteiger charge is 2.41. The second kappa shape index (κ2) is 11.8. The number of carbonyl (C=O) groups excluding carboxylic acids is 2. The number of hydrogen-bond donors (Lipinski definition) is 2. The molecule has 6 rings (SSSR count). The van der Waals surface area contributed by atoms with E-state index in [1.165, 1.54) is 24.3 Å². The molecule has 248 valence electrons. The lowest BCUT2D eigenvalue weighted by atomic mass is 9.78. The van der Waals surface area contributed by atoms with Crippen LogP contribution in [0.15, 0.2) is 77.7 Å². The molecule has 1 aromatic heterocycles. The quantitative estimate of drug-likeness (QED) is 0.101. The number of fused-ring (bicyclic) bond motifs is 3. The number of nitrogens with zero attached hydrogens (tertiary/aromatic N) is 1. The van der Waals surface area contributed by atoms with Gasteiger partial charge in [-0.2, -0.15) is 8.42 Å². The number of aromatic hydroxyl groups is 1. The van der Waals surface area contributed by atoms with Gasteiger partial charge in [0.2, 0.25) is 0 Å². The predicted molar refractivity (Wildman–Crippen MR) is 186 cm³/mol. The Hall–Kier alpha value is -4.60. The van der Waals surface area contributed by atoms with Crippen LogP contribution in [0.3, 0.4) is 0 Å². The van der Waals surface area contributed by atoms with E-state index in [4.69, 9.17) is 9.72 Å². The summed E-state index contributed by atoms with van der Waals surface area (Å²) in [4.78, 5) is 31.7. The Morgan fingerprint density at radius 2 is 1.38 bits per heavy atom. The molecule has 0 bridgehead atoms. The van der Waals surface area contributed by atoms with Crippen molar-refractivity contribution < 1.29 is 32.4 Å². The van der Waals surface area contributed by atoms with Gasteiger partial charge in [-0.1, -0.05) is 77.9 Å². The van der Waals surface area contributed by atoms with E-state index in [0.29, 0.717) is 40.1 Å². The van der Waals surface area contributed by atoms with Crippen molar-refractivity contribution in [3.63, 3.8) is 0 Å². The van der Waals surface area contributed by atoms with Gasteiger partial charge in [0.1, 0.15) is 22.9 Å². The van der Waals surface area contributed by atoms with Crippen molar-refractivity contribution >= 4 is 43.4 Å². The third kappa shape index (κ3) is 6.20. The second-order valence-corrected chi connectivity index (χ2v) is 16.0. The van der Waals surface area contributed by atoms with E-state index in [2.05, 4.69) is 53.7 Å². The van der Waals surface area contributed by atoms with Crippen LogP contribution in [0.1, 0.15) is 97.0 Å². The summed E-state index contributed by atoms with van der Waals surface area (Å²) in [6.07, 6.45) is 1.47. The molecule has 1 aliphatic rings. The van der Waals surface area contributed by atoms with Crippen LogP contribution in [-0.4, -0.2) is 41.2 Å². The molecule has 2 N–H and O–H groups in total. The molecule has 1 heterocycles. The number of phenols is 1.